The molecule has 0 bridgehead atoms. The van der Waals surface area contributed by atoms with E-state index in [9.17, 15) is 19.8 Å². The van der Waals surface area contributed by atoms with Gasteiger partial charge in [0.2, 0.25) is 0 Å². The number of ketones is 1. The van der Waals surface area contributed by atoms with E-state index in [0.29, 0.717) is 11.1 Å². The van der Waals surface area contributed by atoms with Crippen LogP contribution in [0.1, 0.15) is 54.0 Å². The Kier molecular flexibility index (Phi) is 4.91. The number of benzene rings is 2. The largest absolute Gasteiger partial charge is 0.508 e. The van der Waals surface area contributed by atoms with Crippen LogP contribution in [0, 0.1) is 13.8 Å². The lowest BCUT2D eigenvalue weighted by Crippen LogP contribution is -2.37. The number of likely N-dealkylation sites (tertiary alicyclic amines) is 1. The quantitative estimate of drug-likeness (QED) is 0.463. The van der Waals surface area contributed by atoms with Crippen LogP contribution in [-0.4, -0.2) is 32.8 Å². The van der Waals surface area contributed by atoms with Crippen molar-refractivity contribution in [1.82, 2.24) is 4.90 Å². The lowest BCUT2D eigenvalue weighted by molar-refractivity contribution is -0.141. The van der Waals surface area contributed by atoms with Gasteiger partial charge in [-0.3, -0.25) is 9.59 Å². The van der Waals surface area contributed by atoms with Crippen LogP contribution < -0.4 is 0 Å². The van der Waals surface area contributed by atoms with E-state index >= 15 is 0 Å². The molecule has 1 atom stereocenters. The fraction of sp³-hybridized carbons (Fsp3) is 0.333. The number of rotatable bonds is 3. The minimum Gasteiger partial charge on any atom is -0.508 e. The van der Waals surface area contributed by atoms with Crippen molar-refractivity contribution in [2.75, 3.05) is 0 Å². The molecular weight excluding hydrogens is 366 g/mol. The zero-order valence-corrected chi connectivity index (χ0v) is 16.7. The van der Waals surface area contributed by atoms with Crippen LogP contribution in [0.5, 0.6) is 5.75 Å². The lowest BCUT2D eigenvalue weighted by atomic mass is 9.93. The van der Waals surface area contributed by atoms with Crippen LogP contribution in [-0.2, 0) is 9.59 Å². The summed E-state index contributed by atoms with van der Waals surface area (Å²) in [4.78, 5) is 27.7. The Morgan fingerprint density at radius 2 is 1.66 bits per heavy atom. The normalized spacial score (nSPS) is 21.9. The molecule has 29 heavy (non-hydrogen) atoms. The number of carbonyl (C=O) groups excluding carboxylic acids is 2. The molecule has 4 rings (SSSR count). The van der Waals surface area contributed by atoms with E-state index in [1.807, 2.05) is 32.0 Å². The molecule has 1 heterocycles. The number of hydrogen-bond donors (Lipinski definition) is 2. The summed E-state index contributed by atoms with van der Waals surface area (Å²) >= 11 is 0. The molecule has 2 fully saturated rings. The minimum absolute atomic E-state index is 0.0193. The Morgan fingerprint density at radius 3 is 2.31 bits per heavy atom. The third-order valence-corrected chi connectivity index (χ3v) is 6.06. The van der Waals surface area contributed by atoms with Crippen molar-refractivity contribution >= 4 is 17.4 Å². The summed E-state index contributed by atoms with van der Waals surface area (Å²) in [5.74, 6) is -1.22. The van der Waals surface area contributed by atoms with Crippen LogP contribution in [0.15, 0.2) is 48.0 Å². The van der Waals surface area contributed by atoms with E-state index in [-0.39, 0.29) is 23.1 Å². The number of carbonyl (C=O) groups is 2. The Morgan fingerprint density at radius 1 is 1.00 bits per heavy atom. The van der Waals surface area contributed by atoms with Crippen LogP contribution in [0.3, 0.4) is 0 Å². The van der Waals surface area contributed by atoms with E-state index in [4.69, 9.17) is 0 Å². The van der Waals surface area contributed by atoms with Gasteiger partial charge < -0.3 is 15.1 Å². The molecule has 2 aromatic carbocycles. The molecule has 2 N–H and O–H groups in total. The number of nitrogens with zero attached hydrogens (tertiary/aromatic N) is 1. The van der Waals surface area contributed by atoms with E-state index in [2.05, 4.69) is 0 Å². The number of hydrogen-bond acceptors (Lipinski definition) is 4. The summed E-state index contributed by atoms with van der Waals surface area (Å²) in [7, 11) is 0. The second-order valence-electron chi connectivity index (χ2n) is 8.05. The van der Waals surface area contributed by atoms with E-state index < -0.39 is 17.7 Å². The van der Waals surface area contributed by atoms with Gasteiger partial charge in [0, 0.05) is 11.6 Å². The van der Waals surface area contributed by atoms with Crippen molar-refractivity contribution in [1.29, 1.82) is 0 Å². The van der Waals surface area contributed by atoms with Gasteiger partial charge in [0.1, 0.15) is 11.5 Å². The van der Waals surface area contributed by atoms with E-state index in [1.54, 1.807) is 29.2 Å². The number of aryl methyl sites for hydroxylation is 2. The molecule has 1 amide bonds. The molecule has 0 aromatic heterocycles. The number of aromatic hydroxyl groups is 1. The zero-order chi connectivity index (χ0) is 20.7. The maximum absolute atomic E-state index is 13.1. The first-order valence-electron chi connectivity index (χ1n) is 10.0. The van der Waals surface area contributed by atoms with E-state index in [1.165, 1.54) is 0 Å². The van der Waals surface area contributed by atoms with Crippen LogP contribution in [0.2, 0.25) is 0 Å². The van der Waals surface area contributed by atoms with Crippen molar-refractivity contribution in [3.63, 3.8) is 0 Å². The second-order valence-corrected chi connectivity index (χ2v) is 8.05. The smallest absolute Gasteiger partial charge is 0.295 e. The molecule has 1 aliphatic carbocycles. The highest BCUT2D eigenvalue weighted by atomic mass is 16.3. The molecule has 0 radical (unpaired) electrons. The molecule has 1 saturated heterocycles. The summed E-state index contributed by atoms with van der Waals surface area (Å²) in [5.41, 5.74) is 3.20. The third kappa shape index (κ3) is 3.31. The van der Waals surface area contributed by atoms with Crippen molar-refractivity contribution in [3.8, 4) is 5.75 Å². The standard InChI is InChI=1S/C24H25NO4/c1-14-7-8-15(2)19(13-14)22(27)20-21(16-9-11-18(26)12-10-16)25(24(29)23(20)28)17-5-3-4-6-17/h7-13,17,21,26-27H,3-6H2,1-2H3/b22-20+. The van der Waals surface area contributed by atoms with Gasteiger partial charge in [0.15, 0.2) is 0 Å². The Bertz CT molecular complexity index is 1000. The fourth-order valence-corrected chi connectivity index (χ4v) is 4.53. The van der Waals surface area contributed by atoms with Crippen molar-refractivity contribution in [2.24, 2.45) is 0 Å². The highest BCUT2D eigenvalue weighted by molar-refractivity contribution is 6.46. The van der Waals surface area contributed by atoms with Gasteiger partial charge in [-0.05, 0) is 56.0 Å². The summed E-state index contributed by atoms with van der Waals surface area (Å²) in [6.07, 6.45) is 3.75. The van der Waals surface area contributed by atoms with Gasteiger partial charge in [0.25, 0.3) is 11.7 Å². The molecular formula is C24H25NO4. The first-order chi connectivity index (χ1) is 13.9. The lowest BCUT2D eigenvalue weighted by Gasteiger charge is -2.30. The number of amides is 1. The zero-order valence-electron chi connectivity index (χ0n) is 16.7. The van der Waals surface area contributed by atoms with Crippen molar-refractivity contribution in [3.05, 3.63) is 70.3 Å². The average molecular weight is 391 g/mol. The van der Waals surface area contributed by atoms with Gasteiger partial charge in [0.05, 0.1) is 11.6 Å². The van der Waals surface area contributed by atoms with Gasteiger partial charge in [-0.25, -0.2) is 0 Å². The monoisotopic (exact) mass is 391 g/mol. The Labute approximate surface area is 170 Å². The number of phenolic OH excluding ortho intramolecular Hbond substituents is 1. The first-order valence-corrected chi connectivity index (χ1v) is 10.0. The maximum Gasteiger partial charge on any atom is 0.295 e. The molecule has 1 saturated carbocycles. The minimum atomic E-state index is -0.654. The topological polar surface area (TPSA) is 77.8 Å². The molecule has 1 aliphatic heterocycles. The molecule has 5 heteroatoms. The molecule has 5 nitrogen and oxygen atoms in total. The highest BCUT2D eigenvalue weighted by Gasteiger charge is 2.49. The van der Waals surface area contributed by atoms with Crippen LogP contribution in [0.25, 0.3) is 5.76 Å². The molecule has 150 valence electrons. The Hall–Kier alpha value is -3.08. The SMILES string of the molecule is Cc1ccc(C)c(/C(O)=C2\C(=O)C(=O)N(C3CCCC3)C2c2ccc(O)cc2)c1. The molecule has 2 aliphatic rings. The van der Waals surface area contributed by atoms with Gasteiger partial charge in [-0.1, -0.05) is 42.7 Å². The first kappa shape index (κ1) is 19.2. The summed E-state index contributed by atoms with van der Waals surface area (Å²) in [5, 5.41) is 20.9. The summed E-state index contributed by atoms with van der Waals surface area (Å²) in [6.45, 7) is 3.79. The van der Waals surface area contributed by atoms with Crippen LogP contribution >= 0.6 is 0 Å². The van der Waals surface area contributed by atoms with E-state index in [0.717, 1.165) is 36.8 Å². The van der Waals surface area contributed by atoms with Crippen LogP contribution in [0.4, 0.5) is 0 Å². The maximum atomic E-state index is 13.1. The number of aliphatic hydroxyl groups is 1. The second kappa shape index (κ2) is 7.39. The molecule has 1 unspecified atom stereocenters. The predicted molar refractivity (Wildman–Crippen MR) is 110 cm³/mol. The van der Waals surface area contributed by atoms with Gasteiger partial charge >= 0.3 is 0 Å². The fourth-order valence-electron chi connectivity index (χ4n) is 4.53. The average Bonchev–Trinajstić information content (AvgIpc) is 3.31. The number of aliphatic hydroxyl groups excluding tert-OH is 1. The number of Topliss-reactive ketones (excluding diaryl/α,β-unsaturated/α-hetero) is 1. The number of phenols is 1. The van der Waals surface area contributed by atoms with Gasteiger partial charge in [-0.15, -0.1) is 0 Å². The summed E-state index contributed by atoms with van der Waals surface area (Å²) < 4.78 is 0. The predicted octanol–water partition coefficient (Wildman–Crippen LogP) is 4.37. The van der Waals surface area contributed by atoms with Gasteiger partial charge in [-0.2, -0.15) is 0 Å². The van der Waals surface area contributed by atoms with Crippen molar-refractivity contribution in [2.45, 2.75) is 51.6 Å². The summed E-state index contributed by atoms with van der Waals surface area (Å²) in [6, 6.07) is 11.5. The Balaban J connectivity index is 1.92. The third-order valence-electron chi connectivity index (χ3n) is 6.06. The molecule has 0 spiro atoms. The highest BCUT2D eigenvalue weighted by Crippen LogP contribution is 2.44. The molecule has 2 aromatic rings. The van der Waals surface area contributed by atoms with Crippen molar-refractivity contribution < 1.29 is 19.8 Å².